The maximum Gasteiger partial charge on any atom is 0.123 e. The first-order chi connectivity index (χ1) is 8.33. The maximum absolute atomic E-state index is 4.44. The SMILES string of the molecule is Cc1cc(-c2cnc(-c3ccccc3)s2)n[nH]1. The van der Waals surface area contributed by atoms with Crippen molar-refractivity contribution in [2.45, 2.75) is 6.92 Å². The molecule has 1 aromatic carbocycles. The Morgan fingerprint density at radius 1 is 1.18 bits per heavy atom. The van der Waals surface area contributed by atoms with Crippen LogP contribution < -0.4 is 0 Å². The summed E-state index contributed by atoms with van der Waals surface area (Å²) < 4.78 is 0. The molecule has 0 atom stereocenters. The number of thiazole rings is 1. The van der Waals surface area contributed by atoms with Gasteiger partial charge in [-0.05, 0) is 13.0 Å². The number of nitrogens with zero attached hydrogens (tertiary/aromatic N) is 2. The van der Waals surface area contributed by atoms with Crippen LogP contribution in [-0.4, -0.2) is 15.2 Å². The van der Waals surface area contributed by atoms with Crippen molar-refractivity contribution in [1.82, 2.24) is 15.2 Å². The number of H-pyrrole nitrogens is 1. The lowest BCUT2D eigenvalue weighted by molar-refractivity contribution is 1.05. The van der Waals surface area contributed by atoms with E-state index in [9.17, 15) is 0 Å². The van der Waals surface area contributed by atoms with Crippen LogP contribution in [0, 0.1) is 6.92 Å². The van der Waals surface area contributed by atoms with Gasteiger partial charge in [-0.3, -0.25) is 5.10 Å². The van der Waals surface area contributed by atoms with Crippen molar-refractivity contribution in [2.75, 3.05) is 0 Å². The Morgan fingerprint density at radius 2 is 2.00 bits per heavy atom. The van der Waals surface area contributed by atoms with Crippen LogP contribution >= 0.6 is 11.3 Å². The summed E-state index contributed by atoms with van der Waals surface area (Å²) in [6.07, 6.45) is 1.88. The molecule has 0 aliphatic heterocycles. The van der Waals surface area contributed by atoms with Gasteiger partial charge < -0.3 is 0 Å². The minimum atomic E-state index is 0.960. The van der Waals surface area contributed by atoms with Crippen molar-refractivity contribution in [3.05, 3.63) is 48.3 Å². The number of aromatic amines is 1. The van der Waals surface area contributed by atoms with Crippen LogP contribution in [0.25, 0.3) is 21.1 Å². The Morgan fingerprint density at radius 3 is 2.71 bits per heavy atom. The van der Waals surface area contributed by atoms with Crippen molar-refractivity contribution in [3.63, 3.8) is 0 Å². The molecular weight excluding hydrogens is 230 g/mol. The topological polar surface area (TPSA) is 41.6 Å². The largest absolute Gasteiger partial charge is 0.282 e. The summed E-state index contributed by atoms with van der Waals surface area (Å²) in [5, 5.41) is 8.21. The van der Waals surface area contributed by atoms with E-state index < -0.39 is 0 Å². The van der Waals surface area contributed by atoms with Crippen molar-refractivity contribution in [3.8, 4) is 21.1 Å². The Balaban J connectivity index is 1.99. The number of aromatic nitrogens is 3. The van der Waals surface area contributed by atoms with E-state index in [0.29, 0.717) is 0 Å². The number of aryl methyl sites for hydroxylation is 1. The molecule has 0 bridgehead atoms. The van der Waals surface area contributed by atoms with Crippen LogP contribution in [0.4, 0.5) is 0 Å². The van der Waals surface area contributed by atoms with Crippen molar-refractivity contribution in [1.29, 1.82) is 0 Å². The maximum atomic E-state index is 4.44. The van der Waals surface area contributed by atoms with Crippen LogP contribution in [0.2, 0.25) is 0 Å². The molecule has 0 amide bonds. The minimum Gasteiger partial charge on any atom is -0.282 e. The molecular formula is C13H11N3S. The van der Waals surface area contributed by atoms with Gasteiger partial charge in [0.05, 0.1) is 4.88 Å². The quantitative estimate of drug-likeness (QED) is 0.746. The van der Waals surface area contributed by atoms with Gasteiger partial charge in [0.2, 0.25) is 0 Å². The predicted octanol–water partition coefficient (Wildman–Crippen LogP) is 3.51. The van der Waals surface area contributed by atoms with Crippen LogP contribution in [0.1, 0.15) is 5.69 Å². The summed E-state index contributed by atoms with van der Waals surface area (Å²) in [6, 6.07) is 12.2. The Labute approximate surface area is 103 Å². The molecule has 4 heteroatoms. The first kappa shape index (κ1) is 10.2. The highest BCUT2D eigenvalue weighted by Gasteiger charge is 2.08. The molecule has 0 saturated heterocycles. The van der Waals surface area contributed by atoms with Crippen molar-refractivity contribution < 1.29 is 0 Å². The normalized spacial score (nSPS) is 10.6. The van der Waals surface area contributed by atoms with E-state index in [2.05, 4.69) is 27.3 Å². The number of hydrogen-bond acceptors (Lipinski definition) is 3. The molecule has 0 aliphatic carbocycles. The van der Waals surface area contributed by atoms with E-state index in [4.69, 9.17) is 0 Å². The van der Waals surface area contributed by atoms with E-state index in [-0.39, 0.29) is 0 Å². The zero-order chi connectivity index (χ0) is 11.7. The summed E-state index contributed by atoms with van der Waals surface area (Å²) in [5.74, 6) is 0. The van der Waals surface area contributed by atoms with Crippen LogP contribution in [-0.2, 0) is 0 Å². The second-order valence-electron chi connectivity index (χ2n) is 3.83. The lowest BCUT2D eigenvalue weighted by atomic mass is 10.2. The first-order valence-electron chi connectivity index (χ1n) is 5.36. The highest BCUT2D eigenvalue weighted by atomic mass is 32.1. The molecule has 3 aromatic rings. The van der Waals surface area contributed by atoms with E-state index in [1.54, 1.807) is 11.3 Å². The Bertz CT molecular complexity index is 625. The fourth-order valence-corrected chi connectivity index (χ4v) is 2.53. The molecule has 1 N–H and O–H groups in total. The average Bonchev–Trinajstić information content (AvgIpc) is 2.98. The van der Waals surface area contributed by atoms with Gasteiger partial charge in [0, 0.05) is 17.5 Å². The highest BCUT2D eigenvalue weighted by Crippen LogP contribution is 2.30. The average molecular weight is 241 g/mol. The fraction of sp³-hybridized carbons (Fsp3) is 0.0769. The number of benzene rings is 1. The molecule has 2 aromatic heterocycles. The zero-order valence-corrected chi connectivity index (χ0v) is 10.2. The third kappa shape index (κ3) is 1.99. The molecule has 0 saturated carbocycles. The monoisotopic (exact) mass is 241 g/mol. The molecule has 0 fully saturated rings. The number of hydrogen-bond donors (Lipinski definition) is 1. The van der Waals surface area contributed by atoms with Crippen molar-refractivity contribution >= 4 is 11.3 Å². The minimum absolute atomic E-state index is 0.960. The van der Waals surface area contributed by atoms with Gasteiger partial charge in [-0.15, -0.1) is 11.3 Å². The molecule has 3 rings (SSSR count). The molecule has 0 unspecified atom stereocenters. The van der Waals surface area contributed by atoms with E-state index in [1.807, 2.05) is 37.4 Å². The Kier molecular flexibility index (Phi) is 2.49. The predicted molar refractivity (Wildman–Crippen MR) is 69.9 cm³/mol. The molecule has 3 nitrogen and oxygen atoms in total. The van der Waals surface area contributed by atoms with Gasteiger partial charge in [-0.2, -0.15) is 5.10 Å². The number of nitrogens with one attached hydrogen (secondary N) is 1. The molecule has 2 heterocycles. The van der Waals surface area contributed by atoms with Crippen molar-refractivity contribution in [2.24, 2.45) is 0 Å². The molecule has 0 aliphatic rings. The summed E-state index contributed by atoms with van der Waals surface area (Å²) >= 11 is 1.66. The Hall–Kier alpha value is -1.94. The van der Waals surface area contributed by atoms with Gasteiger partial charge >= 0.3 is 0 Å². The fourth-order valence-electron chi connectivity index (χ4n) is 1.65. The standard InChI is InChI=1S/C13H11N3S/c1-9-7-11(16-15-9)12-8-14-13(17-12)10-5-3-2-4-6-10/h2-8H,1H3,(H,15,16). The third-order valence-corrected chi connectivity index (χ3v) is 3.55. The van der Waals surface area contributed by atoms with E-state index in [0.717, 1.165) is 26.8 Å². The lowest BCUT2D eigenvalue weighted by Gasteiger charge is -1.92. The number of rotatable bonds is 2. The molecule has 0 spiro atoms. The van der Waals surface area contributed by atoms with E-state index in [1.165, 1.54) is 0 Å². The van der Waals surface area contributed by atoms with Gasteiger partial charge in [0.25, 0.3) is 0 Å². The molecule has 17 heavy (non-hydrogen) atoms. The molecule has 84 valence electrons. The van der Waals surface area contributed by atoms with Crippen LogP contribution in [0.5, 0.6) is 0 Å². The first-order valence-corrected chi connectivity index (χ1v) is 6.18. The van der Waals surface area contributed by atoms with Gasteiger partial charge in [-0.1, -0.05) is 30.3 Å². The summed E-state index contributed by atoms with van der Waals surface area (Å²) in [7, 11) is 0. The lowest BCUT2D eigenvalue weighted by Crippen LogP contribution is -1.71. The smallest absolute Gasteiger partial charge is 0.123 e. The second kappa shape index (κ2) is 4.14. The van der Waals surface area contributed by atoms with E-state index >= 15 is 0 Å². The van der Waals surface area contributed by atoms with Gasteiger partial charge in [-0.25, -0.2) is 4.98 Å². The summed E-state index contributed by atoms with van der Waals surface area (Å²) in [5.41, 5.74) is 3.17. The zero-order valence-electron chi connectivity index (χ0n) is 9.34. The molecule has 0 radical (unpaired) electrons. The highest BCUT2D eigenvalue weighted by molar-refractivity contribution is 7.18. The van der Waals surface area contributed by atoms with Gasteiger partial charge in [0.1, 0.15) is 10.7 Å². The summed E-state index contributed by atoms with van der Waals surface area (Å²) in [6.45, 7) is 2.00. The van der Waals surface area contributed by atoms with Gasteiger partial charge in [0.15, 0.2) is 0 Å². The van der Waals surface area contributed by atoms with Crippen LogP contribution in [0.3, 0.4) is 0 Å². The second-order valence-corrected chi connectivity index (χ2v) is 4.86. The van der Waals surface area contributed by atoms with Crippen LogP contribution in [0.15, 0.2) is 42.6 Å². The third-order valence-electron chi connectivity index (χ3n) is 2.48. The summed E-state index contributed by atoms with van der Waals surface area (Å²) in [4.78, 5) is 5.53.